The number of nitrogens with one attached hydrogen (secondary N) is 1. The Labute approximate surface area is 426 Å². The molecular weight excluding hydrogens is 940 g/mol. The van der Waals surface area contributed by atoms with Gasteiger partial charge in [-0.05, 0) is 132 Å². The monoisotopic (exact) mass is 1020 g/mol. The first-order chi connectivity index (χ1) is 34.4. The van der Waals surface area contributed by atoms with Gasteiger partial charge in [-0.25, -0.2) is 9.36 Å². The Balaban J connectivity index is 0.941. The summed E-state index contributed by atoms with van der Waals surface area (Å²) in [4.78, 5) is 61.0. The highest BCUT2D eigenvalue weighted by molar-refractivity contribution is 7.46. The molecule has 0 spiro atoms. The lowest BCUT2D eigenvalue weighted by Crippen LogP contribution is -2.63. The fraction of sp³-hybridized carbons (Fsp3) is 0.661. The van der Waals surface area contributed by atoms with Crippen molar-refractivity contribution in [1.29, 1.82) is 0 Å². The van der Waals surface area contributed by atoms with E-state index in [9.17, 15) is 38.9 Å². The fourth-order valence-electron chi connectivity index (χ4n) is 13.3. The van der Waals surface area contributed by atoms with Crippen molar-refractivity contribution in [2.75, 3.05) is 52.5 Å². The van der Waals surface area contributed by atoms with Crippen LogP contribution in [0.25, 0.3) is 0 Å². The third kappa shape index (κ3) is 12.6. The van der Waals surface area contributed by atoms with Crippen LogP contribution in [0.2, 0.25) is 0 Å². The second kappa shape index (κ2) is 24.4. The molecule has 2 unspecified atom stereocenters. The number of esters is 1. The smallest absolute Gasteiger partial charge is 0.453 e. The molecule has 1 aliphatic heterocycles. The molecule has 7 rings (SSSR count). The SMILES string of the molecule is CCCC1O[C@@H]2C[C@H]3[C@@H]4CCC5=CC(=O)C=C[C@]5(C)[C@H]4[C@@H](O)C[C@]3(C)[C@]2(C(=O)COC(=O)C[N+](CC)(CC)Cc2cc(C(O)CNCCCCCCOCCCCc3ccccc3)ccc2OP(=O)(O)O)O1. The molecule has 0 aromatic heterocycles. The summed E-state index contributed by atoms with van der Waals surface area (Å²) in [5.41, 5.74) is 0.546. The molecule has 398 valence electrons. The van der Waals surface area contributed by atoms with Gasteiger partial charge in [0.2, 0.25) is 5.78 Å². The number of hydrogen-bond donors (Lipinski definition) is 5. The molecule has 10 atom stereocenters. The number of Topliss-reactive ketones (excluding diaryl/α,β-unsaturated/α-hetero) is 1. The van der Waals surface area contributed by atoms with E-state index in [1.807, 2.05) is 39.8 Å². The number of allylic oxidation sites excluding steroid dienone is 4. The molecule has 5 N–H and O–H groups in total. The van der Waals surface area contributed by atoms with E-state index in [2.05, 4.69) is 36.5 Å². The van der Waals surface area contributed by atoms with Crippen LogP contribution in [0.15, 0.2) is 72.3 Å². The van der Waals surface area contributed by atoms with Gasteiger partial charge in [-0.1, -0.05) is 88.1 Å². The summed E-state index contributed by atoms with van der Waals surface area (Å²) in [5, 5.41) is 26.7. The maximum Gasteiger partial charge on any atom is 0.524 e. The molecule has 1 saturated heterocycles. The van der Waals surface area contributed by atoms with Crippen LogP contribution in [0.4, 0.5) is 0 Å². The van der Waals surface area contributed by atoms with Gasteiger partial charge >= 0.3 is 13.8 Å². The second-order valence-corrected chi connectivity index (χ2v) is 22.8. The summed E-state index contributed by atoms with van der Waals surface area (Å²) in [5.74, 6) is -1.28. The van der Waals surface area contributed by atoms with Gasteiger partial charge in [0.1, 0.15) is 12.3 Å². The van der Waals surface area contributed by atoms with Crippen molar-refractivity contribution >= 4 is 25.4 Å². The number of aliphatic hydroxyl groups excluding tert-OH is 2. The van der Waals surface area contributed by atoms with Crippen LogP contribution >= 0.6 is 7.82 Å². The van der Waals surface area contributed by atoms with Gasteiger partial charge in [0.15, 0.2) is 30.8 Å². The molecule has 2 aromatic rings. The van der Waals surface area contributed by atoms with E-state index in [4.69, 9.17) is 23.5 Å². The number of carbonyl (C=O) groups is 3. The Morgan fingerprint density at radius 1 is 0.986 bits per heavy atom. The molecule has 5 aliphatic rings. The average molecular weight is 1020 g/mol. The number of nitrogens with zero attached hydrogens (tertiary/aromatic N) is 1. The van der Waals surface area contributed by atoms with Crippen LogP contribution in [0, 0.1) is 28.6 Å². The Morgan fingerprint density at radius 2 is 1.72 bits per heavy atom. The van der Waals surface area contributed by atoms with E-state index in [-0.39, 0.29) is 59.8 Å². The van der Waals surface area contributed by atoms with Crippen LogP contribution in [0.1, 0.15) is 134 Å². The number of likely N-dealkylation sites (N-methyl/N-ethyl adjacent to an activating group) is 1. The van der Waals surface area contributed by atoms with E-state index >= 15 is 0 Å². The first kappa shape index (κ1) is 56.1. The zero-order chi connectivity index (χ0) is 51.7. The van der Waals surface area contributed by atoms with Crippen molar-refractivity contribution in [1.82, 2.24) is 5.32 Å². The van der Waals surface area contributed by atoms with Gasteiger partial charge in [-0.3, -0.25) is 19.4 Å². The average Bonchev–Trinajstić information content (AvgIpc) is 3.83. The molecule has 15 nitrogen and oxygen atoms in total. The van der Waals surface area contributed by atoms with E-state index in [0.717, 1.165) is 83.0 Å². The van der Waals surface area contributed by atoms with Gasteiger partial charge < -0.3 is 43.5 Å². The number of aryl methyl sites for hydroxylation is 1. The van der Waals surface area contributed by atoms with Crippen LogP contribution in [-0.4, -0.2) is 119 Å². The zero-order valence-corrected chi connectivity index (χ0v) is 44.2. The normalized spacial score (nSPS) is 29.2. The molecule has 3 saturated carbocycles. The number of phosphoric ester groups is 1. The molecule has 2 aromatic carbocycles. The first-order valence-corrected chi connectivity index (χ1v) is 28.3. The Kier molecular flexibility index (Phi) is 19.0. The number of phosphoric acid groups is 1. The van der Waals surface area contributed by atoms with Crippen molar-refractivity contribution in [3.05, 3.63) is 89.0 Å². The molecule has 16 heteroatoms. The van der Waals surface area contributed by atoms with Gasteiger partial charge in [0, 0.05) is 42.1 Å². The number of carbonyl (C=O) groups excluding carboxylic acids is 3. The standard InChI is InChI=1S/C56H81N2O13P/c1-6-18-52-69-50-33-45-44-24-23-42-32-43(59)26-27-54(42,4)53(44)46(60)34-55(45,5)56(50,70-52)49(62)38-68-51(63)37-58(7-2,8-3)36-41-31-40(22-25-48(41)71-72(64,65)66)47(61)35-57-28-15-9-10-16-29-67-30-17-14-21-39-19-12-11-13-20-39/h11-13,19-20,22,25-27,31-32,44-47,50,52-53,57,60-61H,6-10,14-18,21,23-24,28-30,33-38H2,1-5H3,(H-,64,65,66)/p+1/t44-,45-,46-,47?,50+,52?,53+,54-,55-,56+/m0/s1. The molecule has 4 fully saturated rings. The van der Waals surface area contributed by atoms with E-state index in [1.165, 1.54) is 11.6 Å². The van der Waals surface area contributed by atoms with E-state index < -0.39 is 67.2 Å². The van der Waals surface area contributed by atoms with Crippen molar-refractivity contribution < 1.29 is 66.9 Å². The largest absolute Gasteiger partial charge is 0.524 e. The zero-order valence-electron chi connectivity index (χ0n) is 43.3. The third-order valence-electron chi connectivity index (χ3n) is 17.2. The number of fused-ring (bicyclic) bond motifs is 7. The summed E-state index contributed by atoms with van der Waals surface area (Å²) in [7, 11) is -4.98. The number of benzene rings is 2. The number of rotatable bonds is 28. The van der Waals surface area contributed by atoms with Crippen molar-refractivity contribution in [2.24, 2.45) is 28.6 Å². The van der Waals surface area contributed by atoms with Crippen LogP contribution in [0.3, 0.4) is 0 Å². The molecule has 0 bridgehead atoms. The third-order valence-corrected chi connectivity index (χ3v) is 17.6. The summed E-state index contributed by atoms with van der Waals surface area (Å²) >= 11 is 0. The highest BCUT2D eigenvalue weighted by Gasteiger charge is 2.76. The molecule has 72 heavy (non-hydrogen) atoms. The predicted octanol–water partition coefficient (Wildman–Crippen LogP) is 8.02. The number of ketones is 2. The van der Waals surface area contributed by atoms with Crippen LogP contribution in [-0.2, 0) is 50.9 Å². The van der Waals surface area contributed by atoms with E-state index in [0.29, 0.717) is 43.6 Å². The minimum absolute atomic E-state index is 0.0338. The van der Waals surface area contributed by atoms with Crippen molar-refractivity contribution in [3.63, 3.8) is 0 Å². The van der Waals surface area contributed by atoms with Crippen LogP contribution < -0.4 is 9.84 Å². The lowest BCUT2D eigenvalue weighted by Gasteiger charge is -2.59. The summed E-state index contributed by atoms with van der Waals surface area (Å²) in [6.07, 6.45) is 13.3. The summed E-state index contributed by atoms with van der Waals surface area (Å²) in [6, 6.07) is 15.2. The number of hydrogen-bond acceptors (Lipinski definition) is 12. The van der Waals surface area contributed by atoms with Crippen molar-refractivity contribution in [2.45, 2.75) is 155 Å². The Morgan fingerprint density at radius 3 is 2.44 bits per heavy atom. The minimum Gasteiger partial charge on any atom is -0.453 e. The number of ether oxygens (including phenoxy) is 4. The highest BCUT2D eigenvalue weighted by Crippen LogP contribution is 2.69. The minimum atomic E-state index is -4.98. The van der Waals surface area contributed by atoms with E-state index in [1.54, 1.807) is 24.3 Å². The molecule has 1 heterocycles. The summed E-state index contributed by atoms with van der Waals surface area (Å²) in [6.45, 7) is 12.7. The van der Waals surface area contributed by atoms with Gasteiger partial charge in [-0.2, -0.15) is 0 Å². The summed E-state index contributed by atoms with van der Waals surface area (Å²) < 4.78 is 42.5. The maximum atomic E-state index is 14.9. The number of quaternary nitrogens is 1. The Hall–Kier alpha value is -3.60. The van der Waals surface area contributed by atoms with Crippen molar-refractivity contribution in [3.8, 4) is 5.75 Å². The van der Waals surface area contributed by atoms with Gasteiger partial charge in [0.25, 0.3) is 0 Å². The predicted molar refractivity (Wildman–Crippen MR) is 272 cm³/mol. The lowest BCUT2D eigenvalue weighted by molar-refractivity contribution is -0.931. The number of unbranched alkanes of at least 4 members (excludes halogenated alkanes) is 4. The van der Waals surface area contributed by atoms with Gasteiger partial charge in [-0.15, -0.1) is 0 Å². The maximum absolute atomic E-state index is 14.9. The molecule has 0 amide bonds. The second-order valence-electron chi connectivity index (χ2n) is 21.7. The van der Waals surface area contributed by atoms with Crippen LogP contribution in [0.5, 0.6) is 5.75 Å². The van der Waals surface area contributed by atoms with Gasteiger partial charge in [0.05, 0.1) is 31.4 Å². The number of aliphatic hydroxyl groups is 2. The molecule has 0 radical (unpaired) electrons. The fourth-order valence-corrected chi connectivity index (χ4v) is 13.7. The molecule has 4 aliphatic carbocycles. The Bertz CT molecular complexity index is 2280. The quantitative estimate of drug-likeness (QED) is 0.0237. The first-order valence-electron chi connectivity index (χ1n) is 26.8. The molecular formula is C56H82N2O13P+. The lowest BCUT2D eigenvalue weighted by atomic mass is 9.46. The topological polar surface area (TPSA) is 207 Å². The highest BCUT2D eigenvalue weighted by atomic mass is 31.2.